The number of aromatic nitrogens is 4. The van der Waals surface area contributed by atoms with Crippen molar-refractivity contribution in [2.45, 2.75) is 33.1 Å². The zero-order valence-corrected chi connectivity index (χ0v) is 13.2. The lowest BCUT2D eigenvalue weighted by Crippen LogP contribution is -2.17. The summed E-state index contributed by atoms with van der Waals surface area (Å²) in [6.07, 6.45) is 2.99. The Morgan fingerprint density at radius 3 is 2.71 bits per heavy atom. The Labute approximate surface area is 128 Å². The van der Waals surface area contributed by atoms with Gasteiger partial charge in [0.25, 0.3) is 0 Å². The summed E-state index contributed by atoms with van der Waals surface area (Å²) in [5, 5.41) is 4.45. The Hall–Kier alpha value is -1.95. The minimum atomic E-state index is -0.417. The lowest BCUT2D eigenvalue weighted by atomic mass is 9.96. The maximum atomic E-state index is 11.6. The van der Waals surface area contributed by atoms with E-state index in [4.69, 9.17) is 16.3 Å². The standard InChI is InChI=1S/C14H17ClN4O2/c1-5-21-12(20)9-7-16-19(8-9)11-6-10(15)17-13(18-11)14(2,3)4/h6-8H,5H2,1-4H3. The van der Waals surface area contributed by atoms with Gasteiger partial charge in [0.05, 0.1) is 18.4 Å². The van der Waals surface area contributed by atoms with Crippen molar-refractivity contribution in [2.75, 3.05) is 6.61 Å². The van der Waals surface area contributed by atoms with E-state index in [1.165, 1.54) is 10.9 Å². The molecule has 2 heterocycles. The second-order valence-electron chi connectivity index (χ2n) is 5.52. The number of rotatable bonds is 3. The third kappa shape index (κ3) is 3.58. The van der Waals surface area contributed by atoms with Crippen molar-refractivity contribution in [2.24, 2.45) is 0 Å². The Morgan fingerprint density at radius 2 is 2.10 bits per heavy atom. The topological polar surface area (TPSA) is 69.9 Å². The molecule has 0 atom stereocenters. The quantitative estimate of drug-likeness (QED) is 0.644. The first-order chi connectivity index (χ1) is 9.81. The van der Waals surface area contributed by atoms with E-state index in [-0.39, 0.29) is 5.41 Å². The highest BCUT2D eigenvalue weighted by molar-refractivity contribution is 6.29. The monoisotopic (exact) mass is 308 g/mol. The molecule has 112 valence electrons. The predicted octanol–water partition coefficient (Wildman–Crippen LogP) is 2.79. The second kappa shape index (κ2) is 5.81. The van der Waals surface area contributed by atoms with Crippen molar-refractivity contribution < 1.29 is 9.53 Å². The van der Waals surface area contributed by atoms with Crippen LogP contribution in [0.5, 0.6) is 0 Å². The molecule has 0 N–H and O–H groups in total. The number of hydrogen-bond donors (Lipinski definition) is 0. The lowest BCUT2D eigenvalue weighted by Gasteiger charge is -2.17. The molecule has 0 fully saturated rings. The molecule has 2 aromatic heterocycles. The zero-order valence-electron chi connectivity index (χ0n) is 12.4. The van der Waals surface area contributed by atoms with Crippen LogP contribution in [0.4, 0.5) is 0 Å². The van der Waals surface area contributed by atoms with Crippen LogP contribution in [0.15, 0.2) is 18.5 Å². The molecule has 0 unspecified atom stereocenters. The van der Waals surface area contributed by atoms with Crippen LogP contribution in [0.2, 0.25) is 5.15 Å². The Balaban J connectivity index is 2.39. The zero-order chi connectivity index (χ0) is 15.6. The summed E-state index contributed by atoms with van der Waals surface area (Å²) >= 11 is 6.04. The van der Waals surface area contributed by atoms with Gasteiger partial charge in [0.1, 0.15) is 11.0 Å². The van der Waals surface area contributed by atoms with Crippen LogP contribution < -0.4 is 0 Å². The molecule has 0 aliphatic heterocycles. The predicted molar refractivity (Wildman–Crippen MR) is 78.8 cm³/mol. The molecular formula is C14H17ClN4O2. The summed E-state index contributed by atoms with van der Waals surface area (Å²) in [5.74, 6) is 0.702. The van der Waals surface area contributed by atoms with Crippen LogP contribution >= 0.6 is 11.6 Å². The highest BCUT2D eigenvalue weighted by atomic mass is 35.5. The molecule has 0 aromatic carbocycles. The minimum Gasteiger partial charge on any atom is -0.462 e. The fourth-order valence-corrected chi connectivity index (χ4v) is 1.80. The Bertz CT molecular complexity index is 661. The number of carbonyl (C=O) groups is 1. The van der Waals surface area contributed by atoms with E-state index in [9.17, 15) is 4.79 Å². The molecule has 0 saturated carbocycles. The van der Waals surface area contributed by atoms with Crippen LogP contribution in [0, 0.1) is 0 Å². The van der Waals surface area contributed by atoms with Gasteiger partial charge in [0.2, 0.25) is 0 Å². The number of esters is 1. The first-order valence-corrected chi connectivity index (χ1v) is 6.96. The van der Waals surface area contributed by atoms with Gasteiger partial charge in [-0.15, -0.1) is 0 Å². The van der Waals surface area contributed by atoms with Gasteiger partial charge in [0.15, 0.2) is 5.82 Å². The molecule has 0 amide bonds. The molecule has 7 heteroatoms. The van der Waals surface area contributed by atoms with Crippen LogP contribution in [-0.4, -0.2) is 32.3 Å². The van der Waals surface area contributed by atoms with Gasteiger partial charge in [-0.3, -0.25) is 0 Å². The molecule has 0 spiro atoms. The number of ether oxygens (including phenoxy) is 1. The van der Waals surface area contributed by atoms with Gasteiger partial charge in [0, 0.05) is 17.7 Å². The molecular weight excluding hydrogens is 292 g/mol. The Morgan fingerprint density at radius 1 is 1.38 bits per heavy atom. The molecule has 0 aliphatic carbocycles. The normalized spacial score (nSPS) is 11.5. The molecule has 2 rings (SSSR count). The van der Waals surface area contributed by atoms with Crippen molar-refractivity contribution in [3.05, 3.63) is 35.0 Å². The molecule has 6 nitrogen and oxygen atoms in total. The van der Waals surface area contributed by atoms with Crippen LogP contribution in [0.3, 0.4) is 0 Å². The fourth-order valence-electron chi connectivity index (χ4n) is 1.63. The number of halogens is 1. The van der Waals surface area contributed by atoms with Gasteiger partial charge in [-0.05, 0) is 6.92 Å². The third-order valence-electron chi connectivity index (χ3n) is 2.68. The van der Waals surface area contributed by atoms with E-state index in [1.807, 2.05) is 20.8 Å². The van der Waals surface area contributed by atoms with E-state index in [0.717, 1.165) is 0 Å². The van der Waals surface area contributed by atoms with Crippen molar-refractivity contribution in [1.82, 2.24) is 19.7 Å². The molecule has 0 radical (unpaired) electrons. The lowest BCUT2D eigenvalue weighted by molar-refractivity contribution is 0.0526. The second-order valence-corrected chi connectivity index (χ2v) is 5.90. The van der Waals surface area contributed by atoms with Crippen molar-refractivity contribution in [1.29, 1.82) is 0 Å². The number of hydrogen-bond acceptors (Lipinski definition) is 5. The van der Waals surface area contributed by atoms with Gasteiger partial charge < -0.3 is 4.74 Å². The summed E-state index contributed by atoms with van der Waals surface area (Å²) in [5.41, 5.74) is 0.125. The van der Waals surface area contributed by atoms with Crippen LogP contribution in [0.25, 0.3) is 5.82 Å². The van der Waals surface area contributed by atoms with E-state index >= 15 is 0 Å². The van der Waals surface area contributed by atoms with E-state index in [1.54, 1.807) is 19.2 Å². The van der Waals surface area contributed by atoms with Gasteiger partial charge in [-0.1, -0.05) is 32.4 Å². The maximum absolute atomic E-state index is 11.6. The van der Waals surface area contributed by atoms with Crippen molar-refractivity contribution in [3.8, 4) is 5.82 Å². The smallest absolute Gasteiger partial charge is 0.341 e. The Kier molecular flexibility index (Phi) is 4.27. The van der Waals surface area contributed by atoms with Crippen molar-refractivity contribution in [3.63, 3.8) is 0 Å². The molecule has 0 saturated heterocycles. The summed E-state index contributed by atoms with van der Waals surface area (Å²) in [6.45, 7) is 8.06. The molecule has 0 bridgehead atoms. The van der Waals surface area contributed by atoms with E-state index in [2.05, 4.69) is 15.1 Å². The molecule has 2 aromatic rings. The summed E-state index contributed by atoms with van der Waals surface area (Å²) in [4.78, 5) is 20.3. The first kappa shape index (κ1) is 15.4. The number of nitrogens with zero attached hydrogens (tertiary/aromatic N) is 4. The number of carbonyl (C=O) groups excluding carboxylic acids is 1. The third-order valence-corrected chi connectivity index (χ3v) is 2.87. The van der Waals surface area contributed by atoms with Crippen LogP contribution in [-0.2, 0) is 10.2 Å². The maximum Gasteiger partial charge on any atom is 0.341 e. The summed E-state index contributed by atoms with van der Waals surface area (Å²) < 4.78 is 6.41. The van der Waals surface area contributed by atoms with Gasteiger partial charge in [-0.2, -0.15) is 5.10 Å². The van der Waals surface area contributed by atoms with E-state index in [0.29, 0.717) is 29.0 Å². The SMILES string of the molecule is CCOC(=O)c1cnn(-c2cc(Cl)nc(C(C)(C)C)n2)c1. The van der Waals surface area contributed by atoms with E-state index < -0.39 is 5.97 Å². The highest BCUT2D eigenvalue weighted by Gasteiger charge is 2.20. The summed E-state index contributed by atoms with van der Waals surface area (Å²) in [6, 6.07) is 1.60. The largest absolute Gasteiger partial charge is 0.462 e. The molecule has 0 aliphatic rings. The summed E-state index contributed by atoms with van der Waals surface area (Å²) in [7, 11) is 0. The average Bonchev–Trinajstić information content (AvgIpc) is 2.87. The van der Waals surface area contributed by atoms with Gasteiger partial charge >= 0.3 is 5.97 Å². The van der Waals surface area contributed by atoms with Crippen LogP contribution in [0.1, 0.15) is 43.9 Å². The minimum absolute atomic E-state index is 0.239. The molecule has 21 heavy (non-hydrogen) atoms. The fraction of sp³-hybridized carbons (Fsp3) is 0.429. The first-order valence-electron chi connectivity index (χ1n) is 6.58. The van der Waals surface area contributed by atoms with Gasteiger partial charge in [-0.25, -0.2) is 19.4 Å². The average molecular weight is 309 g/mol. The highest BCUT2D eigenvalue weighted by Crippen LogP contribution is 2.21. The van der Waals surface area contributed by atoms with Crippen molar-refractivity contribution >= 4 is 17.6 Å².